The smallest absolute Gasteiger partial charge is 0.279 e. The van der Waals surface area contributed by atoms with E-state index in [2.05, 4.69) is 20.3 Å². The molecular formula is C29H34ClN9O5S. The second kappa shape index (κ2) is 12.9. The Morgan fingerprint density at radius 1 is 1.13 bits per heavy atom. The van der Waals surface area contributed by atoms with Crippen LogP contribution in [0.2, 0.25) is 5.15 Å². The van der Waals surface area contributed by atoms with Gasteiger partial charge >= 0.3 is 0 Å². The van der Waals surface area contributed by atoms with Gasteiger partial charge in [-0.25, -0.2) is 18.4 Å². The zero-order chi connectivity index (χ0) is 32.4. The zero-order valence-corrected chi connectivity index (χ0v) is 26.4. The number of sulfonamides is 1. The van der Waals surface area contributed by atoms with Gasteiger partial charge in [0.15, 0.2) is 22.5 Å². The molecule has 4 heterocycles. The number of nitrogens with two attached hydrogens (primary N) is 2. The van der Waals surface area contributed by atoms with Gasteiger partial charge in [0.05, 0.1) is 23.2 Å². The average molecular weight is 656 g/mol. The van der Waals surface area contributed by atoms with E-state index in [0.717, 1.165) is 0 Å². The number of likely N-dealkylation sites (N-methyl/N-ethyl adjacent to an activating group) is 1. The van der Waals surface area contributed by atoms with E-state index in [-0.39, 0.29) is 45.4 Å². The number of hydrogen-bond donors (Lipinski definition) is 3. The number of ether oxygens (including phenoxy) is 1. The van der Waals surface area contributed by atoms with Gasteiger partial charge in [-0.05, 0) is 56.5 Å². The summed E-state index contributed by atoms with van der Waals surface area (Å²) in [5.41, 5.74) is 11.1. The molecule has 5 rings (SSSR count). The molecule has 1 aromatic carbocycles. The maximum Gasteiger partial charge on any atom is 0.279 e. The third-order valence-corrected chi connectivity index (χ3v) is 9.93. The van der Waals surface area contributed by atoms with Crippen molar-refractivity contribution in [3.8, 4) is 5.75 Å². The van der Waals surface area contributed by atoms with Gasteiger partial charge in [-0.3, -0.25) is 19.6 Å². The summed E-state index contributed by atoms with van der Waals surface area (Å²) in [5.74, 6) is -0.00997. The lowest BCUT2D eigenvalue weighted by molar-refractivity contribution is 0.0672. The van der Waals surface area contributed by atoms with Crippen LogP contribution in [0.15, 0.2) is 58.7 Å². The van der Waals surface area contributed by atoms with Gasteiger partial charge in [0, 0.05) is 38.3 Å². The number of carbonyl (C=O) groups is 2. The van der Waals surface area contributed by atoms with E-state index in [0.29, 0.717) is 50.4 Å². The Hall–Kier alpha value is -4.34. The molecule has 1 spiro atoms. The fourth-order valence-corrected chi connectivity index (χ4v) is 6.84. The van der Waals surface area contributed by atoms with Gasteiger partial charge in [0.2, 0.25) is 10.0 Å². The molecule has 1 unspecified atom stereocenters. The van der Waals surface area contributed by atoms with Crippen molar-refractivity contribution in [2.75, 3.05) is 38.1 Å². The summed E-state index contributed by atoms with van der Waals surface area (Å²) < 4.78 is 33.7. The Kier molecular flexibility index (Phi) is 9.23. The van der Waals surface area contributed by atoms with E-state index in [1.54, 1.807) is 48.5 Å². The first-order chi connectivity index (χ1) is 21.4. The van der Waals surface area contributed by atoms with Crippen LogP contribution in [0.1, 0.15) is 53.5 Å². The van der Waals surface area contributed by atoms with E-state index in [1.807, 2.05) is 0 Å². The van der Waals surface area contributed by atoms with Crippen molar-refractivity contribution in [2.45, 2.75) is 49.1 Å². The van der Waals surface area contributed by atoms with Gasteiger partial charge in [-0.1, -0.05) is 17.7 Å². The predicted molar refractivity (Wildman–Crippen MR) is 168 cm³/mol. The monoisotopic (exact) mass is 655 g/mol. The van der Waals surface area contributed by atoms with Gasteiger partial charge in [0.25, 0.3) is 11.8 Å². The van der Waals surface area contributed by atoms with E-state index >= 15 is 0 Å². The standard InChI is InChI=1S/C29H34ClN9O5S/c1-18(44-20-6-4-12-33-16-20)17-38(2)45(42,43)21-7-3-5-19(15-21)28(41)39-13-10-29(11-14-39)9-8-22(37-29)34-27(40)23-25(31)36-26(32)24(30)35-23/h3-7,12,15-16,18H,8-11,13-14,17H2,1-2H3,(H4,31,32,36)(H,34,37,40). The summed E-state index contributed by atoms with van der Waals surface area (Å²) in [7, 11) is -2.41. The number of aliphatic imine (C=N–C) groups is 1. The molecule has 2 aliphatic heterocycles. The molecule has 16 heteroatoms. The van der Waals surface area contributed by atoms with Crippen LogP contribution < -0.4 is 21.5 Å². The molecule has 14 nitrogen and oxygen atoms in total. The number of rotatable bonds is 8. The van der Waals surface area contributed by atoms with Crippen LogP contribution in [0, 0.1) is 0 Å². The maximum absolute atomic E-state index is 13.4. The van der Waals surface area contributed by atoms with E-state index in [4.69, 9.17) is 32.8 Å². The van der Waals surface area contributed by atoms with E-state index < -0.39 is 27.6 Å². The molecule has 5 N–H and O–H groups in total. The van der Waals surface area contributed by atoms with Gasteiger partial charge < -0.3 is 26.4 Å². The van der Waals surface area contributed by atoms with Gasteiger partial charge in [-0.15, -0.1) is 0 Å². The number of hydrogen-bond acceptors (Lipinski definition) is 11. The number of benzene rings is 1. The molecule has 1 saturated heterocycles. The largest absolute Gasteiger partial charge is 0.488 e. The number of carbonyl (C=O) groups excluding carboxylic acids is 2. The van der Waals surface area contributed by atoms with E-state index in [9.17, 15) is 18.0 Å². The number of aromatic nitrogens is 3. The van der Waals surface area contributed by atoms with Crippen molar-refractivity contribution in [3.05, 3.63) is 65.2 Å². The Morgan fingerprint density at radius 3 is 2.60 bits per heavy atom. The average Bonchev–Trinajstić information content (AvgIpc) is 3.40. The quantitative estimate of drug-likeness (QED) is 0.324. The fraction of sp³-hybridized carbons (Fsp3) is 0.379. The number of amides is 2. The summed E-state index contributed by atoms with van der Waals surface area (Å²) in [6.07, 6.45) is 5.16. The number of amidine groups is 1. The first kappa shape index (κ1) is 32.1. The molecule has 2 aromatic heterocycles. The van der Waals surface area contributed by atoms with Crippen LogP contribution >= 0.6 is 11.6 Å². The summed E-state index contributed by atoms with van der Waals surface area (Å²) in [4.78, 5) is 44.5. The van der Waals surface area contributed by atoms with Crippen LogP contribution in [0.4, 0.5) is 11.6 Å². The Morgan fingerprint density at radius 2 is 1.89 bits per heavy atom. The normalized spacial score (nSPS) is 16.8. The van der Waals surface area contributed by atoms with E-state index in [1.165, 1.54) is 23.5 Å². The van der Waals surface area contributed by atoms with Crippen LogP contribution in [0.5, 0.6) is 5.75 Å². The highest BCUT2D eigenvalue weighted by atomic mass is 35.5. The minimum atomic E-state index is -3.89. The van der Waals surface area contributed by atoms with Crippen molar-refractivity contribution in [1.29, 1.82) is 0 Å². The lowest BCUT2D eigenvalue weighted by atomic mass is 9.86. The maximum atomic E-state index is 13.4. The molecule has 1 fully saturated rings. The van der Waals surface area contributed by atoms with Gasteiger partial charge in [-0.2, -0.15) is 4.31 Å². The lowest BCUT2D eigenvalue weighted by Gasteiger charge is -2.37. The topological polar surface area (TPSA) is 199 Å². The first-order valence-electron chi connectivity index (χ1n) is 14.3. The lowest BCUT2D eigenvalue weighted by Crippen LogP contribution is -2.45. The van der Waals surface area contributed by atoms with Crippen molar-refractivity contribution < 1.29 is 22.7 Å². The number of anilines is 2. The molecule has 1 atom stereocenters. The van der Waals surface area contributed by atoms with Crippen molar-refractivity contribution >= 4 is 50.9 Å². The second-order valence-electron chi connectivity index (χ2n) is 11.1. The molecule has 2 aliphatic rings. The number of likely N-dealkylation sites (tertiary alicyclic amines) is 1. The predicted octanol–water partition coefficient (Wildman–Crippen LogP) is 2.37. The Labute approximate surface area is 265 Å². The van der Waals surface area contributed by atoms with Crippen molar-refractivity contribution in [1.82, 2.24) is 29.5 Å². The number of piperidine rings is 1. The summed E-state index contributed by atoms with van der Waals surface area (Å²) >= 11 is 5.90. The molecule has 0 saturated carbocycles. The summed E-state index contributed by atoms with van der Waals surface area (Å²) in [6.45, 7) is 2.72. The van der Waals surface area contributed by atoms with Crippen molar-refractivity contribution in [3.63, 3.8) is 0 Å². The molecule has 238 valence electrons. The number of nitrogens with zero attached hydrogens (tertiary/aromatic N) is 6. The SMILES string of the molecule is CC(CN(C)S(=O)(=O)c1cccc(C(=O)N2CCC3(CCC(NC(=O)c4nc(Cl)c(N)nc4N)=N3)CC2)c1)Oc1cccnc1. The third kappa shape index (κ3) is 7.16. The summed E-state index contributed by atoms with van der Waals surface area (Å²) in [6, 6.07) is 9.54. The molecule has 0 aliphatic carbocycles. The van der Waals surface area contributed by atoms with Crippen LogP contribution in [-0.4, -0.2) is 88.5 Å². The minimum Gasteiger partial charge on any atom is -0.488 e. The molecular weight excluding hydrogens is 622 g/mol. The molecule has 45 heavy (non-hydrogen) atoms. The van der Waals surface area contributed by atoms with Gasteiger partial charge in [0.1, 0.15) is 17.7 Å². The summed E-state index contributed by atoms with van der Waals surface area (Å²) in [5, 5.41) is 2.63. The molecule has 0 bridgehead atoms. The number of halogens is 1. The first-order valence-corrected chi connectivity index (χ1v) is 16.1. The number of nitrogens with one attached hydrogen (secondary N) is 1. The Balaban J connectivity index is 1.19. The van der Waals surface area contributed by atoms with Crippen LogP contribution in [-0.2, 0) is 10.0 Å². The highest BCUT2D eigenvalue weighted by Gasteiger charge is 2.40. The fourth-order valence-electron chi connectivity index (χ4n) is 5.43. The molecule has 0 radical (unpaired) electrons. The molecule has 3 aromatic rings. The Bertz CT molecular complexity index is 1730. The molecule has 2 amide bonds. The number of nitrogen functional groups attached to an aromatic ring is 2. The highest BCUT2D eigenvalue weighted by molar-refractivity contribution is 7.89. The third-order valence-electron chi connectivity index (χ3n) is 7.83. The van der Waals surface area contributed by atoms with Crippen LogP contribution in [0.3, 0.4) is 0 Å². The highest BCUT2D eigenvalue weighted by Crippen LogP contribution is 2.36. The minimum absolute atomic E-state index is 0.0198. The second-order valence-corrected chi connectivity index (χ2v) is 13.5. The zero-order valence-electron chi connectivity index (χ0n) is 24.8. The number of pyridine rings is 1. The van der Waals surface area contributed by atoms with Crippen molar-refractivity contribution in [2.24, 2.45) is 4.99 Å². The van der Waals surface area contributed by atoms with Crippen LogP contribution in [0.25, 0.3) is 0 Å².